The molecule has 3 aromatic carbocycles. The van der Waals surface area contributed by atoms with Crippen LogP contribution in [-0.2, 0) is 13.1 Å². The lowest BCUT2D eigenvalue weighted by molar-refractivity contribution is 0.0706. The van der Waals surface area contributed by atoms with E-state index >= 15 is 0 Å². The summed E-state index contributed by atoms with van der Waals surface area (Å²) in [6, 6.07) is 18.7. The zero-order valence-corrected chi connectivity index (χ0v) is 19.2. The Kier molecular flexibility index (Phi) is 8.95. The fourth-order valence-corrected chi connectivity index (χ4v) is 3.99. The lowest BCUT2D eigenvalue weighted by atomic mass is 9.99. The molecule has 3 rings (SSSR count). The van der Waals surface area contributed by atoms with Crippen molar-refractivity contribution < 1.29 is 14.8 Å². The van der Waals surface area contributed by atoms with Crippen molar-refractivity contribution in [2.75, 3.05) is 13.1 Å². The number of carbonyl (C=O) groups is 2. The predicted octanol–water partition coefficient (Wildman–Crippen LogP) is 4.02. The van der Waals surface area contributed by atoms with Gasteiger partial charge in [0.05, 0.1) is 0 Å². The van der Waals surface area contributed by atoms with E-state index in [0.29, 0.717) is 12.1 Å². The molecule has 7 nitrogen and oxygen atoms in total. The molecule has 0 heterocycles. The second kappa shape index (κ2) is 12.1. The molecule has 0 atom stereocenters. The van der Waals surface area contributed by atoms with Gasteiger partial charge in [0.2, 0.25) is 0 Å². The number of nitrogens with zero attached hydrogens (tertiary/aromatic N) is 1. The van der Waals surface area contributed by atoms with Crippen LogP contribution in [0, 0.1) is 0 Å². The van der Waals surface area contributed by atoms with E-state index in [0.717, 1.165) is 38.0 Å². The van der Waals surface area contributed by atoms with Gasteiger partial charge in [0, 0.05) is 24.2 Å². The summed E-state index contributed by atoms with van der Waals surface area (Å²) in [5.74, 6) is -0.926. The molecule has 3 aromatic rings. The molecule has 0 bridgehead atoms. The molecule has 0 saturated heterocycles. The first kappa shape index (κ1) is 24.4. The van der Waals surface area contributed by atoms with Gasteiger partial charge in [-0.2, -0.15) is 0 Å². The molecule has 0 unspecified atom stereocenters. The molecule has 0 fully saturated rings. The fourth-order valence-electron chi connectivity index (χ4n) is 3.99. The van der Waals surface area contributed by atoms with E-state index in [1.165, 1.54) is 40.6 Å². The van der Waals surface area contributed by atoms with Crippen molar-refractivity contribution in [3.8, 4) is 0 Å². The lowest BCUT2D eigenvalue weighted by Gasteiger charge is -2.22. The third-order valence-electron chi connectivity index (χ3n) is 5.57. The number of benzene rings is 3. The van der Waals surface area contributed by atoms with Gasteiger partial charge in [0.25, 0.3) is 11.8 Å². The van der Waals surface area contributed by atoms with Gasteiger partial charge in [-0.25, -0.2) is 10.9 Å². The Morgan fingerprint density at radius 2 is 1.33 bits per heavy atom. The molecule has 2 amide bonds. The monoisotopic (exact) mass is 448 g/mol. The number of hydroxylamine groups is 1. The van der Waals surface area contributed by atoms with Crippen LogP contribution >= 0.6 is 0 Å². The van der Waals surface area contributed by atoms with Crippen molar-refractivity contribution in [1.82, 2.24) is 21.2 Å². The molecule has 174 valence electrons. The summed E-state index contributed by atoms with van der Waals surface area (Å²) in [5, 5.41) is 11.1. The van der Waals surface area contributed by atoms with Crippen LogP contribution in [0.25, 0.3) is 10.8 Å². The standard InChI is InChI=1S/C26H32N4O3/c1-3-15-30(16-4-2)18-22-14-13-21(23-7-5-6-8-24(22)23)17-27-28-25(31)19-9-11-20(12-10-19)26(32)29-33/h5-14,27,33H,3-4,15-18H2,1-2H3,(H,28,31)(H,29,32). The van der Waals surface area contributed by atoms with Crippen LogP contribution < -0.4 is 16.3 Å². The molecule has 0 radical (unpaired) electrons. The Morgan fingerprint density at radius 3 is 1.91 bits per heavy atom. The van der Waals surface area contributed by atoms with Crippen LogP contribution in [0.4, 0.5) is 0 Å². The van der Waals surface area contributed by atoms with Crippen molar-refractivity contribution in [1.29, 1.82) is 0 Å². The third-order valence-corrected chi connectivity index (χ3v) is 5.57. The highest BCUT2D eigenvalue weighted by Gasteiger charge is 2.11. The van der Waals surface area contributed by atoms with Crippen molar-refractivity contribution >= 4 is 22.6 Å². The summed E-state index contributed by atoms with van der Waals surface area (Å²) < 4.78 is 0. The van der Waals surface area contributed by atoms with E-state index in [1.54, 1.807) is 5.48 Å². The van der Waals surface area contributed by atoms with Gasteiger partial charge in [-0.1, -0.05) is 50.2 Å². The zero-order valence-electron chi connectivity index (χ0n) is 19.2. The van der Waals surface area contributed by atoms with Crippen molar-refractivity contribution in [3.05, 3.63) is 82.9 Å². The Bertz CT molecular complexity index is 1080. The zero-order chi connectivity index (χ0) is 23.6. The van der Waals surface area contributed by atoms with Gasteiger partial charge in [-0.05, 0) is 72.1 Å². The number of nitrogens with one attached hydrogen (secondary N) is 3. The summed E-state index contributed by atoms with van der Waals surface area (Å²) in [6.45, 7) is 8.00. The third kappa shape index (κ3) is 6.38. The molecule has 0 aromatic heterocycles. The molecular weight excluding hydrogens is 416 g/mol. The van der Waals surface area contributed by atoms with Gasteiger partial charge in [0.1, 0.15) is 0 Å². The topological polar surface area (TPSA) is 93.7 Å². The van der Waals surface area contributed by atoms with E-state index in [9.17, 15) is 9.59 Å². The number of hydrazine groups is 1. The van der Waals surface area contributed by atoms with Crippen LogP contribution in [0.3, 0.4) is 0 Å². The molecule has 0 aliphatic heterocycles. The summed E-state index contributed by atoms with van der Waals surface area (Å²) in [5.41, 5.74) is 10.4. The number of amides is 2. The first-order valence-corrected chi connectivity index (χ1v) is 11.4. The van der Waals surface area contributed by atoms with Gasteiger partial charge in [0.15, 0.2) is 0 Å². The minimum atomic E-state index is -0.622. The molecule has 4 N–H and O–H groups in total. The van der Waals surface area contributed by atoms with Crippen molar-refractivity contribution in [2.45, 2.75) is 39.8 Å². The number of carbonyl (C=O) groups excluding carboxylic acids is 2. The second-order valence-corrected chi connectivity index (χ2v) is 8.03. The highest BCUT2D eigenvalue weighted by Crippen LogP contribution is 2.24. The van der Waals surface area contributed by atoms with Crippen LogP contribution in [0.1, 0.15) is 58.5 Å². The SMILES string of the molecule is CCCN(CCC)Cc1ccc(CNNC(=O)c2ccc(C(=O)NO)cc2)c2ccccc12. The van der Waals surface area contributed by atoms with E-state index < -0.39 is 5.91 Å². The van der Waals surface area contributed by atoms with E-state index in [-0.39, 0.29) is 11.5 Å². The lowest BCUT2D eigenvalue weighted by Crippen LogP contribution is -2.36. The average Bonchev–Trinajstić information content (AvgIpc) is 2.85. The Hall–Kier alpha value is -3.26. The van der Waals surface area contributed by atoms with Gasteiger partial charge >= 0.3 is 0 Å². The van der Waals surface area contributed by atoms with Crippen LogP contribution in [0.15, 0.2) is 60.7 Å². The maximum atomic E-state index is 12.4. The molecule has 33 heavy (non-hydrogen) atoms. The summed E-state index contributed by atoms with van der Waals surface area (Å²) in [6.07, 6.45) is 2.27. The number of hydrogen-bond donors (Lipinski definition) is 4. The first-order chi connectivity index (χ1) is 16.1. The largest absolute Gasteiger partial charge is 0.299 e. The van der Waals surface area contributed by atoms with E-state index in [2.05, 4.69) is 59.9 Å². The van der Waals surface area contributed by atoms with E-state index in [4.69, 9.17) is 5.21 Å². The predicted molar refractivity (Wildman–Crippen MR) is 130 cm³/mol. The smallest absolute Gasteiger partial charge is 0.274 e. The van der Waals surface area contributed by atoms with Gasteiger partial charge in [-0.3, -0.25) is 25.1 Å². The minimum absolute atomic E-state index is 0.269. The Balaban J connectivity index is 1.67. The van der Waals surface area contributed by atoms with Crippen LogP contribution in [0.2, 0.25) is 0 Å². The molecule has 0 saturated carbocycles. The van der Waals surface area contributed by atoms with E-state index in [1.807, 2.05) is 6.07 Å². The first-order valence-electron chi connectivity index (χ1n) is 11.4. The molecular formula is C26H32N4O3. The maximum Gasteiger partial charge on any atom is 0.274 e. The van der Waals surface area contributed by atoms with Crippen LogP contribution in [0.5, 0.6) is 0 Å². The Labute approximate surface area is 194 Å². The number of rotatable bonds is 11. The Morgan fingerprint density at radius 1 is 0.788 bits per heavy atom. The number of hydrogen-bond acceptors (Lipinski definition) is 5. The maximum absolute atomic E-state index is 12.4. The van der Waals surface area contributed by atoms with Crippen molar-refractivity contribution in [2.24, 2.45) is 0 Å². The highest BCUT2D eigenvalue weighted by molar-refractivity contribution is 5.97. The summed E-state index contributed by atoms with van der Waals surface area (Å²) in [4.78, 5) is 26.3. The molecule has 0 aliphatic rings. The second-order valence-electron chi connectivity index (χ2n) is 8.03. The number of fused-ring (bicyclic) bond motifs is 1. The van der Waals surface area contributed by atoms with Crippen LogP contribution in [-0.4, -0.2) is 35.0 Å². The quantitative estimate of drug-likeness (QED) is 0.263. The van der Waals surface area contributed by atoms with Gasteiger partial charge < -0.3 is 0 Å². The molecule has 7 heteroatoms. The average molecular weight is 449 g/mol. The molecule has 0 spiro atoms. The highest BCUT2D eigenvalue weighted by atomic mass is 16.5. The molecule has 0 aliphatic carbocycles. The fraction of sp³-hybridized carbons (Fsp3) is 0.308. The van der Waals surface area contributed by atoms with Gasteiger partial charge in [-0.15, -0.1) is 0 Å². The van der Waals surface area contributed by atoms with Crippen molar-refractivity contribution in [3.63, 3.8) is 0 Å². The summed E-state index contributed by atoms with van der Waals surface area (Å²) in [7, 11) is 0. The minimum Gasteiger partial charge on any atom is -0.299 e. The normalized spacial score (nSPS) is 11.0. The summed E-state index contributed by atoms with van der Waals surface area (Å²) >= 11 is 0.